The summed E-state index contributed by atoms with van der Waals surface area (Å²) in [6.45, 7) is 31.1. The average Bonchev–Trinajstić information content (AvgIpc) is 2.77. The third-order valence-electron chi connectivity index (χ3n) is 7.95. The van der Waals surface area contributed by atoms with E-state index in [2.05, 4.69) is 114 Å². The molecule has 0 bridgehead atoms. The van der Waals surface area contributed by atoms with Gasteiger partial charge in [0, 0.05) is 0 Å². The Morgan fingerprint density at radius 2 is 0.615 bits per heavy atom. The standard InChI is InChI=1S/C39H64/c1-25(2)18-32-14-15-34(37(21-28(7)8)36(32)20-27(5)6)24-31(13)35-17-16-33(19-26(3)4)38(22-29(9)10)39(35)23-30(11)12/h14-17,25-31H,18-24H2,1-13H3. The maximum absolute atomic E-state index is 2.52. The van der Waals surface area contributed by atoms with Crippen molar-refractivity contribution >= 4 is 0 Å². The van der Waals surface area contributed by atoms with E-state index in [0.717, 1.165) is 6.42 Å². The van der Waals surface area contributed by atoms with E-state index in [1.54, 1.807) is 44.5 Å². The maximum Gasteiger partial charge on any atom is -0.0147 e. The minimum absolute atomic E-state index is 0.520. The molecule has 0 amide bonds. The van der Waals surface area contributed by atoms with Crippen molar-refractivity contribution in [3.63, 3.8) is 0 Å². The van der Waals surface area contributed by atoms with Crippen molar-refractivity contribution in [2.24, 2.45) is 35.5 Å². The van der Waals surface area contributed by atoms with Crippen LogP contribution in [0.25, 0.3) is 0 Å². The van der Waals surface area contributed by atoms with Gasteiger partial charge in [-0.15, -0.1) is 0 Å². The van der Waals surface area contributed by atoms with Crippen LogP contribution >= 0.6 is 0 Å². The van der Waals surface area contributed by atoms with Gasteiger partial charge in [-0.1, -0.05) is 114 Å². The van der Waals surface area contributed by atoms with E-state index in [0.29, 0.717) is 41.4 Å². The predicted octanol–water partition coefficient (Wildman–Crippen LogP) is 11.2. The summed E-state index contributed by atoms with van der Waals surface area (Å²) in [7, 11) is 0. The molecule has 0 heterocycles. The van der Waals surface area contributed by atoms with Crippen molar-refractivity contribution in [1.82, 2.24) is 0 Å². The molecule has 220 valence electrons. The first-order valence-corrected chi connectivity index (χ1v) is 16.4. The van der Waals surface area contributed by atoms with Crippen LogP contribution in [0.5, 0.6) is 0 Å². The van der Waals surface area contributed by atoms with Gasteiger partial charge >= 0.3 is 0 Å². The largest absolute Gasteiger partial charge is 0.0625 e. The summed E-state index contributed by atoms with van der Waals surface area (Å²) < 4.78 is 0. The quantitative estimate of drug-likeness (QED) is 0.214. The molecular weight excluding hydrogens is 468 g/mol. The zero-order valence-corrected chi connectivity index (χ0v) is 28.3. The minimum Gasteiger partial charge on any atom is -0.0625 e. The Labute approximate surface area is 244 Å². The van der Waals surface area contributed by atoms with E-state index in [4.69, 9.17) is 0 Å². The van der Waals surface area contributed by atoms with Crippen LogP contribution in [0.3, 0.4) is 0 Å². The van der Waals surface area contributed by atoms with Gasteiger partial charge < -0.3 is 0 Å². The summed E-state index contributed by atoms with van der Waals surface area (Å²) in [5, 5.41) is 0. The summed E-state index contributed by atoms with van der Waals surface area (Å²) >= 11 is 0. The van der Waals surface area contributed by atoms with Crippen molar-refractivity contribution in [3.8, 4) is 0 Å². The molecule has 0 nitrogen and oxygen atoms in total. The zero-order chi connectivity index (χ0) is 29.4. The monoisotopic (exact) mass is 533 g/mol. The third-order valence-corrected chi connectivity index (χ3v) is 7.95. The summed E-state index contributed by atoms with van der Waals surface area (Å²) in [5.41, 5.74) is 13.1. The topological polar surface area (TPSA) is 0 Å². The van der Waals surface area contributed by atoms with Crippen molar-refractivity contribution in [3.05, 3.63) is 68.8 Å². The molecule has 0 saturated heterocycles. The zero-order valence-electron chi connectivity index (χ0n) is 28.3. The van der Waals surface area contributed by atoms with Crippen LogP contribution in [-0.2, 0) is 44.9 Å². The molecule has 0 radical (unpaired) electrons. The normalized spacial score (nSPS) is 13.2. The fourth-order valence-electron chi connectivity index (χ4n) is 6.54. The Bertz CT molecular complexity index is 1010. The van der Waals surface area contributed by atoms with Gasteiger partial charge in [-0.05, 0) is 131 Å². The van der Waals surface area contributed by atoms with Gasteiger partial charge in [-0.3, -0.25) is 0 Å². The van der Waals surface area contributed by atoms with Gasteiger partial charge in [0.05, 0.1) is 0 Å². The first-order valence-electron chi connectivity index (χ1n) is 16.4. The van der Waals surface area contributed by atoms with E-state index in [9.17, 15) is 0 Å². The van der Waals surface area contributed by atoms with Crippen LogP contribution in [0.2, 0.25) is 0 Å². The van der Waals surface area contributed by atoms with E-state index in [1.807, 2.05) is 0 Å². The summed E-state index contributed by atoms with van der Waals surface area (Å²) in [5.74, 6) is 4.59. The van der Waals surface area contributed by atoms with Crippen LogP contribution < -0.4 is 0 Å². The lowest BCUT2D eigenvalue weighted by molar-refractivity contribution is 0.584. The minimum atomic E-state index is 0.520. The molecule has 0 fully saturated rings. The smallest absolute Gasteiger partial charge is 0.0147 e. The van der Waals surface area contributed by atoms with Gasteiger partial charge in [-0.25, -0.2) is 0 Å². The Morgan fingerprint density at radius 3 is 0.974 bits per heavy atom. The first-order chi connectivity index (χ1) is 18.2. The van der Waals surface area contributed by atoms with Gasteiger partial charge in [-0.2, -0.15) is 0 Å². The van der Waals surface area contributed by atoms with Crippen LogP contribution in [-0.4, -0.2) is 0 Å². The van der Waals surface area contributed by atoms with Crippen molar-refractivity contribution in [2.45, 2.75) is 141 Å². The molecule has 0 spiro atoms. The second kappa shape index (κ2) is 15.4. The molecule has 2 rings (SSSR count). The van der Waals surface area contributed by atoms with Crippen LogP contribution in [0, 0.1) is 35.5 Å². The van der Waals surface area contributed by atoms with Crippen LogP contribution in [0.1, 0.15) is 140 Å². The molecule has 0 saturated carbocycles. The van der Waals surface area contributed by atoms with Gasteiger partial charge in [0.2, 0.25) is 0 Å². The molecule has 0 heteroatoms. The Morgan fingerprint density at radius 1 is 0.333 bits per heavy atom. The lowest BCUT2D eigenvalue weighted by Crippen LogP contribution is -2.15. The predicted molar refractivity (Wildman–Crippen MR) is 176 cm³/mol. The molecule has 2 aromatic rings. The molecule has 0 aliphatic heterocycles. The number of hydrogen-bond acceptors (Lipinski definition) is 0. The Kier molecular flexibility index (Phi) is 13.3. The van der Waals surface area contributed by atoms with E-state index < -0.39 is 0 Å². The van der Waals surface area contributed by atoms with E-state index >= 15 is 0 Å². The molecular formula is C39H64. The van der Waals surface area contributed by atoms with Crippen molar-refractivity contribution < 1.29 is 0 Å². The lowest BCUT2D eigenvalue weighted by atomic mass is 9.78. The molecule has 39 heavy (non-hydrogen) atoms. The highest BCUT2D eigenvalue weighted by Crippen LogP contribution is 2.35. The molecule has 0 aromatic heterocycles. The number of benzene rings is 2. The van der Waals surface area contributed by atoms with Crippen LogP contribution in [0.4, 0.5) is 0 Å². The number of rotatable bonds is 15. The van der Waals surface area contributed by atoms with Crippen molar-refractivity contribution in [2.75, 3.05) is 0 Å². The molecule has 0 N–H and O–H groups in total. The highest BCUT2D eigenvalue weighted by Gasteiger charge is 2.22. The lowest BCUT2D eigenvalue weighted by Gasteiger charge is -2.27. The Balaban J connectivity index is 2.65. The molecule has 0 aliphatic rings. The summed E-state index contributed by atoms with van der Waals surface area (Å²) in [4.78, 5) is 0. The molecule has 1 unspecified atom stereocenters. The third kappa shape index (κ3) is 10.4. The fourth-order valence-corrected chi connectivity index (χ4v) is 6.54. The van der Waals surface area contributed by atoms with Crippen molar-refractivity contribution in [1.29, 1.82) is 0 Å². The summed E-state index contributed by atoms with van der Waals surface area (Å²) in [6, 6.07) is 10.0. The average molecular weight is 533 g/mol. The SMILES string of the molecule is CC(C)Cc1ccc(CC(C)c2ccc(CC(C)C)c(CC(C)C)c2CC(C)C)c(CC(C)C)c1CC(C)C. The highest BCUT2D eigenvalue weighted by molar-refractivity contribution is 5.47. The Hall–Kier alpha value is -1.56. The van der Waals surface area contributed by atoms with Gasteiger partial charge in [0.1, 0.15) is 0 Å². The van der Waals surface area contributed by atoms with Crippen LogP contribution in [0.15, 0.2) is 24.3 Å². The van der Waals surface area contributed by atoms with E-state index in [-0.39, 0.29) is 0 Å². The van der Waals surface area contributed by atoms with Gasteiger partial charge in [0.15, 0.2) is 0 Å². The fraction of sp³-hybridized carbons (Fsp3) is 0.692. The first kappa shape index (κ1) is 33.6. The summed E-state index contributed by atoms with van der Waals surface area (Å²) in [6.07, 6.45) is 8.32. The van der Waals surface area contributed by atoms with Gasteiger partial charge in [0.25, 0.3) is 0 Å². The molecule has 2 aromatic carbocycles. The second-order valence-corrected chi connectivity index (χ2v) is 15.3. The molecule has 1 atom stereocenters. The highest BCUT2D eigenvalue weighted by atomic mass is 14.3. The number of hydrogen-bond donors (Lipinski definition) is 0. The maximum atomic E-state index is 2.52. The van der Waals surface area contributed by atoms with E-state index in [1.165, 1.54) is 38.5 Å². The molecule has 0 aliphatic carbocycles. The second-order valence-electron chi connectivity index (χ2n) is 15.3.